The van der Waals surface area contributed by atoms with E-state index in [2.05, 4.69) is 208 Å². The van der Waals surface area contributed by atoms with Crippen LogP contribution in [0.3, 0.4) is 0 Å². The third-order valence-electron chi connectivity index (χ3n) is 13.6. The summed E-state index contributed by atoms with van der Waals surface area (Å²) in [7, 11) is 0. The van der Waals surface area contributed by atoms with E-state index in [9.17, 15) is 0 Å². The second-order valence-corrected chi connectivity index (χ2v) is 18.2. The van der Waals surface area contributed by atoms with Gasteiger partial charge in [0.15, 0.2) is 0 Å². The molecule has 12 aromatic rings. The van der Waals surface area contributed by atoms with Gasteiger partial charge in [0.2, 0.25) is 0 Å². The first-order valence-electron chi connectivity index (χ1n) is 21.0. The minimum Gasteiger partial charge on any atom is -0.134 e. The fourth-order valence-electron chi connectivity index (χ4n) is 10.7. The van der Waals surface area contributed by atoms with Gasteiger partial charge in [-0.1, -0.05) is 178 Å². The van der Waals surface area contributed by atoms with Gasteiger partial charge in [-0.25, -0.2) is 0 Å². The van der Waals surface area contributed by atoms with Crippen LogP contribution < -0.4 is 0 Å². The van der Waals surface area contributed by atoms with Gasteiger partial charge >= 0.3 is 0 Å². The molecule has 1 heteroatoms. The van der Waals surface area contributed by atoms with E-state index in [1.807, 2.05) is 11.3 Å². The maximum absolute atomic E-state index is 2.42. The van der Waals surface area contributed by atoms with Crippen molar-refractivity contribution in [2.24, 2.45) is 0 Å². The van der Waals surface area contributed by atoms with Crippen molar-refractivity contribution in [3.05, 3.63) is 205 Å². The number of benzene rings is 11. The van der Waals surface area contributed by atoms with Gasteiger partial charge in [-0.3, -0.25) is 0 Å². The minimum atomic E-state index is 0.00426. The first-order chi connectivity index (χ1) is 29.5. The van der Waals surface area contributed by atoms with E-state index in [1.54, 1.807) is 0 Å². The lowest BCUT2D eigenvalue weighted by atomic mass is 9.82. The van der Waals surface area contributed by atoms with Crippen LogP contribution >= 0.6 is 11.3 Å². The topological polar surface area (TPSA) is 0 Å². The van der Waals surface area contributed by atoms with Gasteiger partial charge in [-0.2, -0.15) is 0 Å². The first kappa shape index (κ1) is 33.9. The lowest BCUT2D eigenvalue weighted by Gasteiger charge is -2.21. The van der Waals surface area contributed by atoms with E-state index in [-0.39, 0.29) is 5.41 Å². The molecule has 0 fully saturated rings. The van der Waals surface area contributed by atoms with Crippen LogP contribution in [-0.2, 0) is 5.41 Å². The molecule has 0 aliphatic heterocycles. The quantitative estimate of drug-likeness (QED) is 0.157. The Kier molecular flexibility index (Phi) is 7.04. The van der Waals surface area contributed by atoms with E-state index in [0.29, 0.717) is 0 Å². The number of hydrogen-bond donors (Lipinski definition) is 0. The average molecular weight is 779 g/mol. The predicted molar refractivity (Wildman–Crippen MR) is 261 cm³/mol. The zero-order chi connectivity index (χ0) is 39.7. The van der Waals surface area contributed by atoms with Crippen LogP contribution in [0.2, 0.25) is 0 Å². The predicted octanol–water partition coefficient (Wildman–Crippen LogP) is 17.1. The summed E-state index contributed by atoms with van der Waals surface area (Å²) in [5.41, 5.74) is 13.3. The van der Waals surface area contributed by atoms with Gasteiger partial charge in [0, 0.05) is 31.2 Å². The molecular weight excluding hydrogens is 741 g/mol. The standard InChI is InChI=1S/C59H38S/c1-59(2)52-21-10-9-19-50(52)57-53(59)29-28-49-51-33-40-25-24-39(32-42(40)34-54(51)60-58(49)57)36-22-23-38-31-41(27-26-37(38)30-36)55-45-15-5-7-17-47(45)56(48-18-8-6-16-46(48)55)44-20-11-13-35-12-3-4-14-43(35)44/h3-34H,1-2H3. The third-order valence-corrected chi connectivity index (χ3v) is 14.8. The number of thiophene rings is 1. The lowest BCUT2D eigenvalue weighted by molar-refractivity contribution is 0.661. The molecule has 0 nitrogen and oxygen atoms in total. The van der Waals surface area contributed by atoms with E-state index in [4.69, 9.17) is 0 Å². The monoisotopic (exact) mass is 778 g/mol. The molecule has 60 heavy (non-hydrogen) atoms. The molecule has 1 aliphatic rings. The summed E-state index contributed by atoms with van der Waals surface area (Å²) in [4.78, 5) is 0. The fourth-order valence-corrected chi connectivity index (χ4v) is 12.0. The molecule has 0 atom stereocenters. The second kappa shape index (κ2) is 12.5. The van der Waals surface area contributed by atoms with Gasteiger partial charge in [-0.15, -0.1) is 11.3 Å². The Morgan fingerprint density at radius 1 is 0.317 bits per heavy atom. The smallest absolute Gasteiger partial charge is 0.0437 e. The van der Waals surface area contributed by atoms with Crippen LogP contribution in [0, 0.1) is 0 Å². The van der Waals surface area contributed by atoms with E-state index in [1.165, 1.54) is 130 Å². The fraction of sp³-hybridized carbons (Fsp3) is 0.0508. The van der Waals surface area contributed by atoms with Crippen LogP contribution in [0.1, 0.15) is 25.0 Å². The molecule has 280 valence electrons. The minimum absolute atomic E-state index is 0.00426. The van der Waals surface area contributed by atoms with Gasteiger partial charge < -0.3 is 0 Å². The largest absolute Gasteiger partial charge is 0.134 e. The van der Waals surface area contributed by atoms with E-state index < -0.39 is 0 Å². The lowest BCUT2D eigenvalue weighted by Crippen LogP contribution is -2.14. The average Bonchev–Trinajstić information content (AvgIpc) is 3.77. The zero-order valence-electron chi connectivity index (χ0n) is 33.4. The molecule has 1 heterocycles. The highest BCUT2D eigenvalue weighted by molar-refractivity contribution is 7.26. The van der Waals surface area contributed by atoms with Crippen molar-refractivity contribution >= 4 is 85.4 Å². The molecule has 0 spiro atoms. The Hall–Kier alpha value is -7.06. The summed E-state index contributed by atoms with van der Waals surface area (Å²) in [6, 6.07) is 72.9. The molecule has 0 unspecified atom stereocenters. The molecule has 0 amide bonds. The highest BCUT2D eigenvalue weighted by Gasteiger charge is 2.36. The molecule has 0 N–H and O–H groups in total. The summed E-state index contributed by atoms with van der Waals surface area (Å²) in [5, 5.41) is 15.4. The van der Waals surface area contributed by atoms with Crippen molar-refractivity contribution in [2.75, 3.05) is 0 Å². The molecule has 0 saturated carbocycles. The zero-order valence-corrected chi connectivity index (χ0v) is 34.2. The number of rotatable bonds is 3. The number of fused-ring (bicyclic) bond motifs is 12. The van der Waals surface area contributed by atoms with Gasteiger partial charge in [0.05, 0.1) is 0 Å². The highest BCUT2D eigenvalue weighted by atomic mass is 32.1. The Labute approximate surface area is 352 Å². The maximum atomic E-state index is 2.42. The van der Waals surface area contributed by atoms with Crippen LogP contribution in [0.15, 0.2) is 194 Å². The van der Waals surface area contributed by atoms with Crippen molar-refractivity contribution in [2.45, 2.75) is 19.3 Å². The summed E-state index contributed by atoms with van der Waals surface area (Å²) < 4.78 is 2.76. The molecule has 0 saturated heterocycles. The molecule has 0 bridgehead atoms. The molecule has 1 aromatic heterocycles. The SMILES string of the molecule is CC1(C)c2ccccc2-c2c1ccc1c2sc2cc3cc(-c4ccc5cc(-c6c7ccccc7c(-c7cccc8ccccc78)c7ccccc67)ccc5c4)ccc3cc21. The highest BCUT2D eigenvalue weighted by Crippen LogP contribution is 2.54. The molecule has 11 aromatic carbocycles. The summed E-state index contributed by atoms with van der Waals surface area (Å²) in [6.07, 6.45) is 0. The molecule has 0 radical (unpaired) electrons. The molecular formula is C59H38S. The normalized spacial score (nSPS) is 13.3. The van der Waals surface area contributed by atoms with E-state index >= 15 is 0 Å². The van der Waals surface area contributed by atoms with Crippen molar-refractivity contribution in [1.29, 1.82) is 0 Å². The van der Waals surface area contributed by atoms with Gasteiger partial charge in [-0.05, 0) is 134 Å². The van der Waals surface area contributed by atoms with Crippen molar-refractivity contribution in [3.63, 3.8) is 0 Å². The van der Waals surface area contributed by atoms with Crippen molar-refractivity contribution < 1.29 is 0 Å². The Morgan fingerprint density at radius 2 is 0.867 bits per heavy atom. The Balaban J connectivity index is 0.916. The van der Waals surface area contributed by atoms with Gasteiger partial charge in [0.25, 0.3) is 0 Å². The Bertz CT molecular complexity index is 3740. The van der Waals surface area contributed by atoms with Crippen LogP contribution in [0.25, 0.3) is 119 Å². The third kappa shape index (κ3) is 4.79. The van der Waals surface area contributed by atoms with Gasteiger partial charge in [0.1, 0.15) is 0 Å². The summed E-state index contributed by atoms with van der Waals surface area (Å²) in [5.74, 6) is 0. The van der Waals surface area contributed by atoms with Crippen molar-refractivity contribution in [3.8, 4) is 44.5 Å². The van der Waals surface area contributed by atoms with Crippen molar-refractivity contribution in [1.82, 2.24) is 0 Å². The second-order valence-electron chi connectivity index (χ2n) is 17.2. The summed E-state index contributed by atoms with van der Waals surface area (Å²) in [6.45, 7) is 4.74. The van der Waals surface area contributed by atoms with E-state index in [0.717, 1.165) is 0 Å². The summed E-state index contributed by atoms with van der Waals surface area (Å²) >= 11 is 1.95. The first-order valence-corrected chi connectivity index (χ1v) is 21.8. The number of hydrogen-bond acceptors (Lipinski definition) is 1. The Morgan fingerprint density at radius 3 is 1.60 bits per heavy atom. The van der Waals surface area contributed by atoms with Crippen LogP contribution in [0.5, 0.6) is 0 Å². The molecule has 1 aliphatic carbocycles. The molecule has 13 rings (SSSR count). The van der Waals surface area contributed by atoms with Crippen LogP contribution in [0.4, 0.5) is 0 Å². The van der Waals surface area contributed by atoms with Crippen LogP contribution in [-0.4, -0.2) is 0 Å². The maximum Gasteiger partial charge on any atom is 0.0437 e.